The maximum Gasteiger partial charge on any atom is 0.432 e. The van der Waals surface area contributed by atoms with Crippen molar-refractivity contribution in [3.05, 3.63) is 12.3 Å². The van der Waals surface area contributed by atoms with Gasteiger partial charge in [-0.15, -0.1) is 0 Å². The first-order valence-electron chi connectivity index (χ1n) is 3.04. The van der Waals surface area contributed by atoms with Crippen LogP contribution in [0.1, 0.15) is 6.92 Å². The molecule has 0 saturated heterocycles. The van der Waals surface area contributed by atoms with E-state index >= 15 is 0 Å². The van der Waals surface area contributed by atoms with Crippen molar-refractivity contribution in [2.45, 2.75) is 13.1 Å². The molecule has 0 radical (unpaired) electrons. The fourth-order valence-electron chi connectivity index (χ4n) is 0.355. The van der Waals surface area contributed by atoms with Crippen LogP contribution in [0.2, 0.25) is 0 Å². The summed E-state index contributed by atoms with van der Waals surface area (Å²) >= 11 is 0. The normalized spacial score (nSPS) is 12.0. The summed E-state index contributed by atoms with van der Waals surface area (Å²) in [4.78, 5) is 0. The Labute approximate surface area is 62.6 Å². The van der Waals surface area contributed by atoms with Crippen LogP contribution in [0.3, 0.4) is 0 Å². The van der Waals surface area contributed by atoms with Crippen LogP contribution in [-0.4, -0.2) is 18.4 Å². The van der Waals surface area contributed by atoms with Crippen molar-refractivity contribution in [3.8, 4) is 0 Å². The van der Waals surface area contributed by atoms with E-state index in [9.17, 15) is 13.2 Å². The maximum absolute atomic E-state index is 11.6. The average Bonchev–Trinajstić information content (AvgIpc) is 1.86. The Balaban J connectivity index is 3.88. The highest BCUT2D eigenvalue weighted by atomic mass is 19.4. The third-order valence-corrected chi connectivity index (χ3v) is 0.877. The lowest BCUT2D eigenvalue weighted by atomic mass is 10.3. The summed E-state index contributed by atoms with van der Waals surface area (Å²) in [5, 5.41) is 9.00. The lowest BCUT2D eigenvalue weighted by Crippen LogP contribution is -2.20. The monoisotopic (exact) mass is 166 g/mol. The highest BCUT2D eigenvalue weighted by Gasteiger charge is 2.31. The number of nitrogens with one attached hydrogen (secondary N) is 2. The summed E-state index contributed by atoms with van der Waals surface area (Å²) in [6.07, 6.45) is -2.74. The molecule has 0 aliphatic heterocycles. The molecule has 64 valence electrons. The molecule has 11 heavy (non-hydrogen) atoms. The van der Waals surface area contributed by atoms with Crippen LogP contribution in [0.5, 0.6) is 0 Å². The SMILES string of the molecule is CCN/C=C\C(=N)C(F)(F)F. The van der Waals surface area contributed by atoms with Crippen molar-refractivity contribution >= 4 is 5.71 Å². The summed E-state index contributed by atoms with van der Waals surface area (Å²) in [7, 11) is 0. The van der Waals surface area contributed by atoms with E-state index in [-0.39, 0.29) is 0 Å². The second-order valence-electron chi connectivity index (χ2n) is 1.80. The highest BCUT2D eigenvalue weighted by molar-refractivity contribution is 5.96. The van der Waals surface area contributed by atoms with E-state index in [4.69, 9.17) is 5.41 Å². The largest absolute Gasteiger partial charge is 0.432 e. The number of hydrogen-bond donors (Lipinski definition) is 2. The Morgan fingerprint density at radius 2 is 2.09 bits per heavy atom. The first-order valence-corrected chi connectivity index (χ1v) is 3.04. The molecule has 0 aliphatic rings. The van der Waals surface area contributed by atoms with E-state index in [1.165, 1.54) is 0 Å². The van der Waals surface area contributed by atoms with Crippen LogP contribution in [0, 0.1) is 5.41 Å². The minimum atomic E-state index is -4.54. The van der Waals surface area contributed by atoms with Gasteiger partial charge < -0.3 is 5.32 Å². The number of hydrogen-bond acceptors (Lipinski definition) is 2. The van der Waals surface area contributed by atoms with Crippen molar-refractivity contribution in [2.24, 2.45) is 0 Å². The number of rotatable bonds is 3. The van der Waals surface area contributed by atoms with E-state index in [1.807, 2.05) is 0 Å². The van der Waals surface area contributed by atoms with Crippen molar-refractivity contribution in [1.29, 1.82) is 5.41 Å². The molecule has 0 aliphatic carbocycles. The molecule has 2 nitrogen and oxygen atoms in total. The second-order valence-corrected chi connectivity index (χ2v) is 1.80. The second kappa shape index (κ2) is 4.00. The molecule has 0 amide bonds. The smallest absolute Gasteiger partial charge is 0.391 e. The molecule has 0 aromatic carbocycles. The fourth-order valence-corrected chi connectivity index (χ4v) is 0.355. The van der Waals surface area contributed by atoms with E-state index in [0.29, 0.717) is 12.6 Å². The summed E-state index contributed by atoms with van der Waals surface area (Å²) in [5.74, 6) is 0. The molecule has 2 N–H and O–H groups in total. The quantitative estimate of drug-likeness (QED) is 0.615. The zero-order chi connectivity index (χ0) is 8.91. The van der Waals surface area contributed by atoms with E-state index in [0.717, 1.165) is 6.20 Å². The maximum atomic E-state index is 11.6. The van der Waals surface area contributed by atoms with Gasteiger partial charge in [0.1, 0.15) is 5.71 Å². The molecule has 0 aromatic rings. The van der Waals surface area contributed by atoms with Crippen LogP contribution in [0.4, 0.5) is 13.2 Å². The number of allylic oxidation sites excluding steroid dienone is 1. The summed E-state index contributed by atoms with van der Waals surface area (Å²) in [6, 6.07) is 0. The molecule has 0 bridgehead atoms. The van der Waals surface area contributed by atoms with Gasteiger partial charge in [0.15, 0.2) is 0 Å². The molecule has 0 aromatic heterocycles. The van der Waals surface area contributed by atoms with Gasteiger partial charge in [0.2, 0.25) is 0 Å². The van der Waals surface area contributed by atoms with Crippen molar-refractivity contribution in [2.75, 3.05) is 6.54 Å². The molecule has 0 heterocycles. The van der Waals surface area contributed by atoms with E-state index < -0.39 is 11.9 Å². The lowest BCUT2D eigenvalue weighted by Gasteiger charge is -2.02. The molecular weight excluding hydrogens is 157 g/mol. The topological polar surface area (TPSA) is 35.9 Å². The van der Waals surface area contributed by atoms with Gasteiger partial charge in [-0.25, -0.2) is 0 Å². The minimum absolute atomic E-state index is 0.543. The molecule has 0 atom stereocenters. The summed E-state index contributed by atoms with van der Waals surface area (Å²) in [5.41, 5.74) is -1.35. The van der Waals surface area contributed by atoms with Gasteiger partial charge in [-0.05, 0) is 19.2 Å². The molecule has 0 unspecified atom stereocenters. The lowest BCUT2D eigenvalue weighted by molar-refractivity contribution is -0.0584. The fraction of sp³-hybridized carbons (Fsp3) is 0.500. The summed E-state index contributed by atoms with van der Waals surface area (Å²) in [6.45, 7) is 2.29. The third kappa shape index (κ3) is 4.41. The first kappa shape index (κ1) is 10.0. The Kier molecular flexibility index (Phi) is 3.64. The van der Waals surface area contributed by atoms with E-state index in [2.05, 4.69) is 5.32 Å². The Morgan fingerprint density at radius 1 is 1.55 bits per heavy atom. The van der Waals surface area contributed by atoms with Crippen molar-refractivity contribution in [1.82, 2.24) is 5.32 Å². The Bertz CT molecular complexity index is 160. The number of halogens is 3. The minimum Gasteiger partial charge on any atom is -0.391 e. The summed E-state index contributed by atoms with van der Waals surface area (Å²) < 4.78 is 34.7. The predicted octanol–water partition coefficient (Wildman–Crippen LogP) is 1.69. The van der Waals surface area contributed by atoms with Gasteiger partial charge in [-0.2, -0.15) is 13.2 Å². The molecule has 0 saturated carbocycles. The zero-order valence-electron chi connectivity index (χ0n) is 6.00. The average molecular weight is 166 g/mol. The Hall–Kier alpha value is -1.00. The molecule has 0 fully saturated rings. The molecule has 0 spiro atoms. The molecule has 0 rings (SSSR count). The van der Waals surface area contributed by atoms with Crippen molar-refractivity contribution in [3.63, 3.8) is 0 Å². The van der Waals surface area contributed by atoms with Crippen LogP contribution >= 0.6 is 0 Å². The third-order valence-electron chi connectivity index (χ3n) is 0.877. The van der Waals surface area contributed by atoms with Gasteiger partial charge in [-0.3, -0.25) is 5.41 Å². The number of alkyl halides is 3. The van der Waals surface area contributed by atoms with Crippen LogP contribution in [0.15, 0.2) is 12.3 Å². The van der Waals surface area contributed by atoms with Gasteiger partial charge in [0.05, 0.1) is 0 Å². The predicted molar refractivity (Wildman–Crippen MR) is 36.6 cm³/mol. The van der Waals surface area contributed by atoms with E-state index in [1.54, 1.807) is 6.92 Å². The molecule has 5 heteroatoms. The van der Waals surface area contributed by atoms with Gasteiger partial charge in [0.25, 0.3) is 0 Å². The van der Waals surface area contributed by atoms with Gasteiger partial charge in [-0.1, -0.05) is 0 Å². The molecular formula is C6H9F3N2. The zero-order valence-corrected chi connectivity index (χ0v) is 6.00. The van der Waals surface area contributed by atoms with Crippen molar-refractivity contribution < 1.29 is 13.2 Å². The van der Waals surface area contributed by atoms with Gasteiger partial charge in [0, 0.05) is 6.54 Å². The highest BCUT2D eigenvalue weighted by Crippen LogP contribution is 2.16. The van der Waals surface area contributed by atoms with Crippen LogP contribution in [-0.2, 0) is 0 Å². The standard InChI is InChI=1S/C6H9F3N2/c1-2-11-4-3-5(10)6(7,8)9/h3-4,10-11H,2H2,1H3/b4-3-,10-5?. The van der Waals surface area contributed by atoms with Crippen LogP contribution in [0.25, 0.3) is 0 Å². The van der Waals surface area contributed by atoms with Gasteiger partial charge >= 0.3 is 6.18 Å². The van der Waals surface area contributed by atoms with Crippen LogP contribution < -0.4 is 5.32 Å². The first-order chi connectivity index (χ1) is 4.98. The Morgan fingerprint density at radius 3 is 2.45 bits per heavy atom.